The Kier molecular flexibility index (Phi) is 4.51. The van der Waals surface area contributed by atoms with E-state index in [2.05, 4.69) is 11.2 Å². The Morgan fingerprint density at radius 2 is 2.31 bits per heavy atom. The van der Waals surface area contributed by atoms with Crippen molar-refractivity contribution in [3.63, 3.8) is 0 Å². The average Bonchev–Trinajstić information content (AvgIpc) is 2.27. The third-order valence-electron chi connectivity index (χ3n) is 2.25. The van der Waals surface area contributed by atoms with Gasteiger partial charge in [0.2, 0.25) is 0 Å². The predicted octanol–water partition coefficient (Wildman–Crippen LogP) is 2.20. The van der Waals surface area contributed by atoms with Crippen molar-refractivity contribution in [1.82, 2.24) is 5.32 Å². The predicted molar refractivity (Wildman–Crippen MR) is 60.9 cm³/mol. The molecule has 0 aliphatic heterocycles. The minimum absolute atomic E-state index is 0.153. The fourth-order valence-electron chi connectivity index (χ4n) is 1.29. The fourth-order valence-corrected chi connectivity index (χ4v) is 1.29. The van der Waals surface area contributed by atoms with Gasteiger partial charge in [-0.05, 0) is 19.1 Å². The molecule has 3 heteroatoms. The smallest absolute Gasteiger partial charge is 0.129 e. The van der Waals surface area contributed by atoms with Crippen molar-refractivity contribution in [2.45, 2.75) is 25.9 Å². The van der Waals surface area contributed by atoms with Crippen LogP contribution in [0.3, 0.4) is 0 Å². The van der Waals surface area contributed by atoms with Crippen LogP contribution in [0, 0.1) is 29.5 Å². The molecule has 0 fully saturated rings. The molecule has 0 aromatic heterocycles. The third kappa shape index (κ3) is 3.38. The quantitative estimate of drug-likeness (QED) is 0.783. The van der Waals surface area contributed by atoms with Crippen molar-refractivity contribution in [3.8, 4) is 18.4 Å². The van der Waals surface area contributed by atoms with E-state index in [0.717, 1.165) is 0 Å². The molecule has 1 N–H and O–H groups in total. The number of terminal acetylenes is 1. The van der Waals surface area contributed by atoms with Crippen LogP contribution in [0.2, 0.25) is 0 Å². The van der Waals surface area contributed by atoms with E-state index >= 15 is 0 Å². The van der Waals surface area contributed by atoms with Gasteiger partial charge in [0.1, 0.15) is 5.82 Å². The Morgan fingerprint density at radius 3 is 2.88 bits per heavy atom. The zero-order valence-corrected chi connectivity index (χ0v) is 9.13. The van der Waals surface area contributed by atoms with Gasteiger partial charge in [-0.1, -0.05) is 6.07 Å². The van der Waals surface area contributed by atoms with Crippen molar-refractivity contribution in [2.75, 3.05) is 0 Å². The monoisotopic (exact) mass is 216 g/mol. The summed E-state index contributed by atoms with van der Waals surface area (Å²) < 4.78 is 13.4. The van der Waals surface area contributed by atoms with E-state index < -0.39 is 0 Å². The first-order valence-electron chi connectivity index (χ1n) is 5.02. The molecule has 0 bridgehead atoms. The molecule has 1 aromatic carbocycles. The van der Waals surface area contributed by atoms with Gasteiger partial charge in [-0.3, -0.25) is 0 Å². The van der Waals surface area contributed by atoms with Crippen molar-refractivity contribution < 1.29 is 4.39 Å². The highest BCUT2D eigenvalue weighted by atomic mass is 19.1. The van der Waals surface area contributed by atoms with Gasteiger partial charge in [-0.25, -0.2) is 4.39 Å². The molecule has 0 amide bonds. The molecule has 0 heterocycles. The molecule has 0 aliphatic rings. The standard InChI is InChI=1S/C13H13FN2/c1-3-4-10(2)16-9-12-6-5-11(8-15)7-13(12)14/h1,5-7,10,16H,4,9H2,2H3. The molecule has 2 nitrogen and oxygen atoms in total. The van der Waals surface area contributed by atoms with Gasteiger partial charge in [-0.15, -0.1) is 12.3 Å². The number of rotatable bonds is 4. The molecule has 1 aromatic rings. The number of nitrogens with one attached hydrogen (secondary N) is 1. The summed E-state index contributed by atoms with van der Waals surface area (Å²) in [4.78, 5) is 0. The van der Waals surface area contributed by atoms with Crippen LogP contribution in [0.25, 0.3) is 0 Å². The Morgan fingerprint density at radius 1 is 1.56 bits per heavy atom. The van der Waals surface area contributed by atoms with E-state index in [4.69, 9.17) is 11.7 Å². The molecule has 0 saturated carbocycles. The highest BCUT2D eigenvalue weighted by Crippen LogP contribution is 2.10. The number of nitrogens with zero attached hydrogens (tertiary/aromatic N) is 1. The average molecular weight is 216 g/mol. The van der Waals surface area contributed by atoms with E-state index in [9.17, 15) is 4.39 Å². The van der Waals surface area contributed by atoms with Crippen molar-refractivity contribution in [1.29, 1.82) is 5.26 Å². The second-order valence-corrected chi connectivity index (χ2v) is 3.61. The molecule has 0 radical (unpaired) electrons. The van der Waals surface area contributed by atoms with Gasteiger partial charge < -0.3 is 5.32 Å². The summed E-state index contributed by atoms with van der Waals surface area (Å²) in [7, 11) is 0. The van der Waals surface area contributed by atoms with Gasteiger partial charge in [0.25, 0.3) is 0 Å². The molecule has 16 heavy (non-hydrogen) atoms. The fraction of sp³-hybridized carbons (Fsp3) is 0.308. The number of hydrogen-bond acceptors (Lipinski definition) is 2. The van der Waals surface area contributed by atoms with E-state index in [1.54, 1.807) is 12.1 Å². The summed E-state index contributed by atoms with van der Waals surface area (Å²) in [6.07, 6.45) is 5.78. The van der Waals surface area contributed by atoms with Crippen molar-refractivity contribution in [3.05, 3.63) is 35.1 Å². The zero-order chi connectivity index (χ0) is 12.0. The van der Waals surface area contributed by atoms with Crippen LogP contribution >= 0.6 is 0 Å². The number of hydrogen-bond donors (Lipinski definition) is 1. The van der Waals surface area contributed by atoms with Gasteiger partial charge >= 0.3 is 0 Å². The highest BCUT2D eigenvalue weighted by molar-refractivity contribution is 5.32. The minimum Gasteiger partial charge on any atom is -0.309 e. The lowest BCUT2D eigenvalue weighted by Gasteiger charge is -2.11. The Bertz CT molecular complexity index is 440. The number of nitriles is 1. The van der Waals surface area contributed by atoms with Crippen LogP contribution in [0.4, 0.5) is 4.39 Å². The SMILES string of the molecule is C#CCC(C)NCc1ccc(C#N)cc1F. The van der Waals surface area contributed by atoms with Crippen LogP contribution in [0.1, 0.15) is 24.5 Å². The summed E-state index contributed by atoms with van der Waals surface area (Å²) in [6, 6.07) is 6.50. The maximum Gasteiger partial charge on any atom is 0.129 e. The molecule has 0 aliphatic carbocycles. The van der Waals surface area contributed by atoms with Crippen LogP contribution in [0.15, 0.2) is 18.2 Å². The molecule has 82 valence electrons. The lowest BCUT2D eigenvalue weighted by Crippen LogP contribution is -2.25. The van der Waals surface area contributed by atoms with Crippen LogP contribution in [-0.4, -0.2) is 6.04 Å². The summed E-state index contributed by atoms with van der Waals surface area (Å²) >= 11 is 0. The Hall–Kier alpha value is -1.84. The Balaban J connectivity index is 2.62. The summed E-state index contributed by atoms with van der Waals surface area (Å²) in [6.45, 7) is 2.36. The maximum atomic E-state index is 13.4. The van der Waals surface area contributed by atoms with Gasteiger partial charge in [0.15, 0.2) is 0 Å². The zero-order valence-electron chi connectivity index (χ0n) is 9.13. The molecule has 0 saturated heterocycles. The second-order valence-electron chi connectivity index (χ2n) is 3.61. The van der Waals surface area contributed by atoms with Gasteiger partial charge in [-0.2, -0.15) is 5.26 Å². The van der Waals surface area contributed by atoms with E-state index in [1.165, 1.54) is 6.07 Å². The van der Waals surface area contributed by atoms with Gasteiger partial charge in [0, 0.05) is 24.6 Å². The molecular weight excluding hydrogens is 203 g/mol. The van der Waals surface area contributed by atoms with E-state index in [-0.39, 0.29) is 11.9 Å². The normalized spacial score (nSPS) is 11.5. The first-order chi connectivity index (χ1) is 7.67. The van der Waals surface area contributed by atoms with Crippen molar-refractivity contribution in [2.24, 2.45) is 0 Å². The first-order valence-corrected chi connectivity index (χ1v) is 5.02. The Labute approximate surface area is 95.1 Å². The largest absolute Gasteiger partial charge is 0.309 e. The topological polar surface area (TPSA) is 35.8 Å². The molecule has 1 unspecified atom stereocenters. The molecule has 0 spiro atoms. The molecule has 1 atom stereocenters. The number of benzene rings is 1. The number of halogens is 1. The lowest BCUT2D eigenvalue weighted by atomic mass is 10.1. The summed E-state index contributed by atoms with van der Waals surface area (Å²) in [5.74, 6) is 2.18. The summed E-state index contributed by atoms with van der Waals surface area (Å²) in [5.41, 5.74) is 0.876. The van der Waals surface area contributed by atoms with Gasteiger partial charge in [0.05, 0.1) is 11.6 Å². The van der Waals surface area contributed by atoms with Crippen LogP contribution in [-0.2, 0) is 6.54 Å². The minimum atomic E-state index is -0.362. The molecule has 1 rings (SSSR count). The third-order valence-corrected chi connectivity index (χ3v) is 2.25. The van der Waals surface area contributed by atoms with E-state index in [1.807, 2.05) is 13.0 Å². The van der Waals surface area contributed by atoms with E-state index in [0.29, 0.717) is 24.1 Å². The highest BCUT2D eigenvalue weighted by Gasteiger charge is 2.05. The molecular formula is C13H13FN2. The summed E-state index contributed by atoms with van der Waals surface area (Å²) in [5, 5.41) is 11.7. The first kappa shape index (κ1) is 12.2. The lowest BCUT2D eigenvalue weighted by molar-refractivity contribution is 0.535. The maximum absolute atomic E-state index is 13.4. The second kappa shape index (κ2) is 5.90. The van der Waals surface area contributed by atoms with Crippen molar-refractivity contribution >= 4 is 0 Å². The van der Waals surface area contributed by atoms with Crippen LogP contribution in [0.5, 0.6) is 0 Å². The van der Waals surface area contributed by atoms with Crippen LogP contribution < -0.4 is 5.32 Å².